The van der Waals surface area contributed by atoms with Gasteiger partial charge in [0.05, 0.1) is 34.4 Å². The topological polar surface area (TPSA) is 99.1 Å². The van der Waals surface area contributed by atoms with E-state index in [-0.39, 0.29) is 36.2 Å². The van der Waals surface area contributed by atoms with E-state index in [0.717, 1.165) is 38.5 Å². The van der Waals surface area contributed by atoms with Crippen molar-refractivity contribution in [1.29, 1.82) is 0 Å². The van der Waals surface area contributed by atoms with Crippen LogP contribution in [0.1, 0.15) is 258 Å². The zero-order chi connectivity index (χ0) is 47.7. The lowest BCUT2D eigenvalue weighted by Crippen LogP contribution is -2.50. The van der Waals surface area contributed by atoms with Crippen molar-refractivity contribution in [3.8, 4) is 0 Å². The number of quaternary nitrogens is 1. The molecule has 0 saturated heterocycles. The van der Waals surface area contributed by atoms with Crippen LogP contribution in [-0.4, -0.2) is 80.6 Å². The number of nitrogens with zero attached hydrogens (tertiary/aromatic N) is 1. The number of rotatable bonds is 50. The van der Waals surface area contributed by atoms with Crippen molar-refractivity contribution in [3.63, 3.8) is 0 Å². The quantitative estimate of drug-likeness (QED) is 0.0213. The summed E-state index contributed by atoms with van der Waals surface area (Å²) in [6.07, 6.45) is 57.7. The van der Waals surface area contributed by atoms with Crippen molar-refractivity contribution in [2.75, 3.05) is 41.0 Å². The molecule has 0 aromatic rings. The normalized spacial score (nSPS) is 13.1. The summed E-state index contributed by atoms with van der Waals surface area (Å²) < 4.78 is 17.4. The Bertz CT molecular complexity index is 1160. The standard InChI is InChI=1S/C57H105NO7/c1-6-8-10-12-14-16-18-20-22-24-26-28-30-31-33-35-37-39-41-43-45-47-55(59)64-52-53(51-63-50-49-54(57(61)62)58(3,4)5)65-56(60)48-46-44-42-40-38-36-34-32-29-27-25-23-21-19-17-15-13-11-9-7-2/h17,19,21,23,28,30,53-54H,6-16,18,20,22,24-27,29,31-52H2,1-5H3/p+1/b19-17+,23-21+,30-28+. The van der Waals surface area contributed by atoms with Crippen LogP contribution < -0.4 is 0 Å². The predicted octanol–water partition coefficient (Wildman–Crippen LogP) is 16.1. The van der Waals surface area contributed by atoms with Crippen LogP contribution in [0.15, 0.2) is 36.5 Å². The number of hydrogen-bond donors (Lipinski definition) is 1. The Balaban J connectivity index is 4.20. The molecule has 8 nitrogen and oxygen atoms in total. The zero-order valence-corrected chi connectivity index (χ0v) is 43.5. The number of esters is 2. The lowest BCUT2D eigenvalue weighted by atomic mass is 10.1. The average Bonchev–Trinajstić information content (AvgIpc) is 3.27. The third-order valence-corrected chi connectivity index (χ3v) is 12.5. The molecule has 0 aliphatic rings. The lowest BCUT2D eigenvalue weighted by Gasteiger charge is -2.31. The van der Waals surface area contributed by atoms with Gasteiger partial charge in [-0.1, -0.05) is 211 Å². The highest BCUT2D eigenvalue weighted by Gasteiger charge is 2.31. The van der Waals surface area contributed by atoms with Gasteiger partial charge in [-0.2, -0.15) is 0 Å². The van der Waals surface area contributed by atoms with E-state index in [1.165, 1.54) is 186 Å². The van der Waals surface area contributed by atoms with Crippen LogP contribution in [0.2, 0.25) is 0 Å². The van der Waals surface area contributed by atoms with Crippen molar-refractivity contribution < 1.29 is 38.2 Å². The molecule has 0 fully saturated rings. The number of carboxylic acid groups (broad SMARTS) is 1. The van der Waals surface area contributed by atoms with Crippen LogP contribution in [0.3, 0.4) is 0 Å². The van der Waals surface area contributed by atoms with Gasteiger partial charge in [0.1, 0.15) is 6.61 Å². The molecule has 0 spiro atoms. The Labute approximate surface area is 402 Å². The highest BCUT2D eigenvalue weighted by atomic mass is 16.6. The first-order chi connectivity index (χ1) is 31.6. The van der Waals surface area contributed by atoms with Crippen LogP contribution in [-0.2, 0) is 28.6 Å². The highest BCUT2D eigenvalue weighted by molar-refractivity contribution is 5.72. The summed E-state index contributed by atoms with van der Waals surface area (Å²) in [5, 5.41) is 9.67. The van der Waals surface area contributed by atoms with Gasteiger partial charge < -0.3 is 23.8 Å². The van der Waals surface area contributed by atoms with Gasteiger partial charge in [-0.3, -0.25) is 9.59 Å². The number of likely N-dealkylation sites (N-methyl/N-ethyl adjacent to an activating group) is 1. The molecule has 0 aliphatic heterocycles. The first kappa shape index (κ1) is 62.5. The number of ether oxygens (including phenoxy) is 3. The van der Waals surface area contributed by atoms with Gasteiger partial charge in [0.15, 0.2) is 12.1 Å². The minimum atomic E-state index is -0.874. The van der Waals surface area contributed by atoms with E-state index in [2.05, 4.69) is 50.3 Å². The summed E-state index contributed by atoms with van der Waals surface area (Å²) >= 11 is 0. The van der Waals surface area contributed by atoms with Crippen molar-refractivity contribution in [2.45, 2.75) is 270 Å². The number of carbonyl (C=O) groups excluding carboxylic acids is 2. The van der Waals surface area contributed by atoms with Crippen LogP contribution in [0.25, 0.3) is 0 Å². The zero-order valence-electron chi connectivity index (χ0n) is 43.5. The summed E-state index contributed by atoms with van der Waals surface area (Å²) in [6, 6.07) is -0.616. The number of aliphatic carboxylic acids is 1. The molecule has 0 saturated carbocycles. The van der Waals surface area contributed by atoms with Gasteiger partial charge >= 0.3 is 17.9 Å². The van der Waals surface area contributed by atoms with Gasteiger partial charge in [-0.15, -0.1) is 0 Å². The first-order valence-electron chi connectivity index (χ1n) is 27.5. The molecule has 0 rings (SSSR count). The van der Waals surface area contributed by atoms with E-state index in [1.54, 1.807) is 0 Å². The number of carboxylic acids is 1. The summed E-state index contributed by atoms with van der Waals surface area (Å²) in [5.41, 5.74) is 0. The van der Waals surface area contributed by atoms with Crippen molar-refractivity contribution >= 4 is 17.9 Å². The van der Waals surface area contributed by atoms with Crippen molar-refractivity contribution in [2.24, 2.45) is 0 Å². The van der Waals surface area contributed by atoms with Crippen LogP contribution in [0.4, 0.5) is 0 Å². The molecular weight excluding hydrogens is 811 g/mol. The molecule has 0 radical (unpaired) electrons. The second-order valence-corrected chi connectivity index (χ2v) is 19.9. The third kappa shape index (κ3) is 46.4. The molecule has 0 heterocycles. The highest BCUT2D eigenvalue weighted by Crippen LogP contribution is 2.16. The molecule has 0 aliphatic carbocycles. The molecule has 0 aromatic heterocycles. The minimum Gasteiger partial charge on any atom is -0.477 e. The van der Waals surface area contributed by atoms with E-state index < -0.39 is 18.1 Å². The largest absolute Gasteiger partial charge is 0.477 e. The Morgan fingerprint density at radius 2 is 0.815 bits per heavy atom. The Morgan fingerprint density at radius 3 is 1.22 bits per heavy atom. The van der Waals surface area contributed by atoms with Gasteiger partial charge in [0, 0.05) is 19.3 Å². The summed E-state index contributed by atoms with van der Waals surface area (Å²) in [7, 11) is 5.54. The summed E-state index contributed by atoms with van der Waals surface area (Å²) in [5.74, 6) is -1.46. The molecule has 0 amide bonds. The van der Waals surface area contributed by atoms with Gasteiger partial charge in [0.25, 0.3) is 0 Å². The van der Waals surface area contributed by atoms with Gasteiger partial charge in [-0.05, 0) is 64.2 Å². The van der Waals surface area contributed by atoms with Crippen molar-refractivity contribution in [1.82, 2.24) is 0 Å². The fraction of sp³-hybridized carbons (Fsp3) is 0.842. The van der Waals surface area contributed by atoms with E-state index in [1.807, 2.05) is 21.1 Å². The summed E-state index contributed by atoms with van der Waals surface area (Å²) in [6.45, 7) is 4.75. The molecule has 65 heavy (non-hydrogen) atoms. The SMILES string of the molecule is CCCCCC/C=C/C=C/CCCCCCCCCCCCC(=O)OC(COCCC(C(=O)O)[N+](C)(C)C)COC(=O)CCCCCCCCC/C=C/CCCCCCCCCCCC. The third-order valence-electron chi connectivity index (χ3n) is 12.5. The van der Waals surface area contributed by atoms with Crippen molar-refractivity contribution in [3.05, 3.63) is 36.5 Å². The average molecular weight is 917 g/mol. The van der Waals surface area contributed by atoms with E-state index in [9.17, 15) is 19.5 Å². The number of hydrogen-bond acceptors (Lipinski definition) is 6. The Hall–Kier alpha value is -2.45. The van der Waals surface area contributed by atoms with E-state index in [0.29, 0.717) is 19.3 Å². The number of unbranched alkanes of at least 4 members (excludes halogenated alkanes) is 31. The van der Waals surface area contributed by atoms with Crippen LogP contribution in [0, 0.1) is 0 Å². The number of carbonyl (C=O) groups is 3. The maximum atomic E-state index is 12.8. The maximum Gasteiger partial charge on any atom is 0.362 e. The molecule has 1 N–H and O–H groups in total. The van der Waals surface area contributed by atoms with Gasteiger partial charge in [-0.25, -0.2) is 4.79 Å². The second-order valence-electron chi connectivity index (χ2n) is 19.9. The molecule has 380 valence electrons. The predicted molar refractivity (Wildman–Crippen MR) is 275 cm³/mol. The first-order valence-corrected chi connectivity index (χ1v) is 27.5. The Kier molecular flexibility index (Phi) is 46.2. The fourth-order valence-electron chi connectivity index (χ4n) is 8.26. The van der Waals surface area contributed by atoms with E-state index in [4.69, 9.17) is 14.2 Å². The fourth-order valence-corrected chi connectivity index (χ4v) is 8.26. The maximum absolute atomic E-state index is 12.8. The Morgan fingerprint density at radius 1 is 0.462 bits per heavy atom. The lowest BCUT2D eigenvalue weighted by molar-refractivity contribution is -0.887. The monoisotopic (exact) mass is 917 g/mol. The van der Waals surface area contributed by atoms with Gasteiger partial charge in [0.2, 0.25) is 0 Å². The molecule has 0 bridgehead atoms. The number of allylic oxidation sites excluding steroid dienone is 6. The van der Waals surface area contributed by atoms with E-state index >= 15 is 0 Å². The minimum absolute atomic E-state index is 0.0523. The summed E-state index contributed by atoms with van der Waals surface area (Å²) in [4.78, 5) is 37.2. The molecule has 2 atom stereocenters. The molecular formula is C57H106NO7+. The van der Waals surface area contributed by atoms with Crippen LogP contribution in [0.5, 0.6) is 0 Å². The molecule has 2 unspecified atom stereocenters. The molecule has 8 heteroatoms. The second kappa shape index (κ2) is 48.0. The van der Waals surface area contributed by atoms with Crippen LogP contribution >= 0.6 is 0 Å². The smallest absolute Gasteiger partial charge is 0.362 e. The molecule has 0 aromatic carbocycles.